The number of fused-ring (bicyclic) bond motifs is 1. The summed E-state index contributed by atoms with van der Waals surface area (Å²) in [5.41, 5.74) is 3.05. The fourth-order valence-electron chi connectivity index (χ4n) is 2.61. The van der Waals surface area contributed by atoms with Crippen LogP contribution in [-0.2, 0) is 6.42 Å². The minimum Gasteiger partial charge on any atom is -0.355 e. The third-order valence-electron chi connectivity index (χ3n) is 3.74. The molecule has 0 spiro atoms. The molecule has 0 unspecified atom stereocenters. The van der Waals surface area contributed by atoms with Gasteiger partial charge in [-0.1, -0.05) is 30.3 Å². The Labute approximate surface area is 119 Å². The molecule has 2 aromatic rings. The summed E-state index contributed by atoms with van der Waals surface area (Å²) < 4.78 is 0. The molecule has 1 aliphatic rings. The highest BCUT2D eigenvalue weighted by Crippen LogP contribution is 2.25. The normalized spacial score (nSPS) is 14.2. The monoisotopic (exact) mass is 266 g/mol. The van der Waals surface area contributed by atoms with Gasteiger partial charge in [0.2, 0.25) is 0 Å². The molecule has 0 saturated heterocycles. The van der Waals surface area contributed by atoms with Crippen LogP contribution in [0.1, 0.15) is 28.0 Å². The van der Waals surface area contributed by atoms with Crippen molar-refractivity contribution in [3.05, 3.63) is 59.3 Å². The van der Waals surface area contributed by atoms with Crippen molar-refractivity contribution in [2.24, 2.45) is 0 Å². The van der Waals surface area contributed by atoms with E-state index in [0.29, 0.717) is 6.42 Å². The van der Waals surface area contributed by atoms with Crippen LogP contribution < -0.4 is 4.90 Å². The van der Waals surface area contributed by atoms with Crippen LogP contribution in [0, 0.1) is 6.92 Å². The van der Waals surface area contributed by atoms with Gasteiger partial charge in [0.1, 0.15) is 5.82 Å². The molecule has 2 heterocycles. The van der Waals surface area contributed by atoms with Crippen LogP contribution in [0.4, 0.5) is 5.82 Å². The van der Waals surface area contributed by atoms with E-state index < -0.39 is 0 Å². The smallest absolute Gasteiger partial charge is 0.168 e. The van der Waals surface area contributed by atoms with Crippen molar-refractivity contribution in [1.29, 1.82) is 0 Å². The van der Waals surface area contributed by atoms with Crippen molar-refractivity contribution in [3.63, 3.8) is 0 Å². The highest BCUT2D eigenvalue weighted by Gasteiger charge is 2.24. The molecule has 0 atom stereocenters. The van der Waals surface area contributed by atoms with Crippen LogP contribution in [0.5, 0.6) is 0 Å². The average Bonchev–Trinajstić information content (AvgIpc) is 2.47. The lowest BCUT2D eigenvalue weighted by Crippen LogP contribution is -2.34. The number of benzene rings is 1. The summed E-state index contributed by atoms with van der Waals surface area (Å²) >= 11 is 0. The number of aryl methyl sites for hydroxylation is 1. The summed E-state index contributed by atoms with van der Waals surface area (Å²) in [5, 5.41) is 0. The summed E-state index contributed by atoms with van der Waals surface area (Å²) in [6, 6.07) is 14.3. The Bertz CT molecular complexity index is 622. The third-order valence-corrected chi connectivity index (χ3v) is 3.74. The minimum absolute atomic E-state index is 0.212. The number of anilines is 1. The van der Waals surface area contributed by atoms with Gasteiger partial charge in [0.25, 0.3) is 0 Å². The first-order valence-corrected chi connectivity index (χ1v) is 7.04. The van der Waals surface area contributed by atoms with Crippen LogP contribution in [0.2, 0.25) is 0 Å². The second kappa shape index (κ2) is 5.45. The Morgan fingerprint density at radius 2 is 1.95 bits per heavy atom. The van der Waals surface area contributed by atoms with Crippen LogP contribution >= 0.6 is 0 Å². The first kappa shape index (κ1) is 12.9. The third kappa shape index (κ3) is 2.57. The highest BCUT2D eigenvalue weighted by atomic mass is 16.1. The predicted octanol–water partition coefficient (Wildman–Crippen LogP) is 3.03. The fourth-order valence-corrected chi connectivity index (χ4v) is 2.61. The molecule has 0 fully saturated rings. The van der Waals surface area contributed by atoms with E-state index in [4.69, 9.17) is 0 Å². The maximum atomic E-state index is 11.9. The van der Waals surface area contributed by atoms with Crippen molar-refractivity contribution >= 4 is 11.6 Å². The van der Waals surface area contributed by atoms with E-state index in [9.17, 15) is 4.79 Å². The van der Waals surface area contributed by atoms with E-state index in [1.165, 1.54) is 5.56 Å². The van der Waals surface area contributed by atoms with Crippen molar-refractivity contribution in [2.45, 2.75) is 19.8 Å². The summed E-state index contributed by atoms with van der Waals surface area (Å²) in [6.45, 7) is 3.64. The van der Waals surface area contributed by atoms with Gasteiger partial charge in [-0.2, -0.15) is 0 Å². The molecule has 3 rings (SSSR count). The molecule has 0 aliphatic carbocycles. The molecule has 0 saturated carbocycles. The second-order valence-corrected chi connectivity index (χ2v) is 5.22. The Balaban J connectivity index is 1.80. The first-order valence-electron chi connectivity index (χ1n) is 7.04. The standard InChI is InChI=1S/C17H18N2O/c1-13-7-8-15-16(20)10-12-19(17(15)18-13)11-9-14-5-3-2-4-6-14/h2-8H,9-12H2,1H3. The molecule has 20 heavy (non-hydrogen) atoms. The molecule has 3 nitrogen and oxygen atoms in total. The van der Waals surface area contributed by atoms with Crippen LogP contribution in [-0.4, -0.2) is 23.9 Å². The lowest BCUT2D eigenvalue weighted by Gasteiger charge is -2.29. The molecule has 0 N–H and O–H groups in total. The lowest BCUT2D eigenvalue weighted by atomic mass is 10.0. The number of pyridine rings is 1. The van der Waals surface area contributed by atoms with Crippen LogP contribution in [0.15, 0.2) is 42.5 Å². The minimum atomic E-state index is 0.212. The SMILES string of the molecule is Cc1ccc2c(n1)N(CCc1ccccc1)CCC2=O. The van der Waals surface area contributed by atoms with E-state index in [0.717, 1.165) is 36.6 Å². The van der Waals surface area contributed by atoms with Gasteiger partial charge in [-0.3, -0.25) is 4.79 Å². The Morgan fingerprint density at radius 3 is 2.75 bits per heavy atom. The number of hydrogen-bond donors (Lipinski definition) is 0. The summed E-state index contributed by atoms with van der Waals surface area (Å²) in [4.78, 5) is 18.7. The van der Waals surface area contributed by atoms with Gasteiger partial charge in [-0.15, -0.1) is 0 Å². The maximum Gasteiger partial charge on any atom is 0.168 e. The predicted molar refractivity (Wildman–Crippen MR) is 80.3 cm³/mol. The van der Waals surface area contributed by atoms with E-state index >= 15 is 0 Å². The van der Waals surface area contributed by atoms with Crippen molar-refractivity contribution in [1.82, 2.24) is 4.98 Å². The van der Waals surface area contributed by atoms with Crippen LogP contribution in [0.25, 0.3) is 0 Å². The lowest BCUT2D eigenvalue weighted by molar-refractivity contribution is 0.0979. The topological polar surface area (TPSA) is 33.2 Å². The molecule has 0 amide bonds. The van der Waals surface area contributed by atoms with Gasteiger partial charge in [0, 0.05) is 25.2 Å². The van der Waals surface area contributed by atoms with E-state index in [-0.39, 0.29) is 5.78 Å². The Morgan fingerprint density at radius 1 is 1.15 bits per heavy atom. The molecule has 102 valence electrons. The van der Waals surface area contributed by atoms with E-state index in [1.54, 1.807) is 0 Å². The number of ketones is 1. The highest BCUT2D eigenvalue weighted by molar-refractivity contribution is 6.02. The number of carbonyl (C=O) groups excluding carboxylic acids is 1. The van der Waals surface area contributed by atoms with Crippen molar-refractivity contribution < 1.29 is 4.79 Å². The number of carbonyl (C=O) groups is 1. The van der Waals surface area contributed by atoms with Gasteiger partial charge in [0.05, 0.1) is 5.56 Å². The summed E-state index contributed by atoms with van der Waals surface area (Å²) in [5.74, 6) is 1.07. The zero-order chi connectivity index (χ0) is 13.9. The van der Waals surface area contributed by atoms with Gasteiger partial charge in [-0.25, -0.2) is 4.98 Å². The van der Waals surface area contributed by atoms with Crippen molar-refractivity contribution in [3.8, 4) is 0 Å². The van der Waals surface area contributed by atoms with Gasteiger partial charge < -0.3 is 4.90 Å². The molecule has 1 aromatic heterocycles. The number of Topliss-reactive ketones (excluding diaryl/α,β-unsaturated/α-hetero) is 1. The molecule has 3 heteroatoms. The zero-order valence-corrected chi connectivity index (χ0v) is 11.7. The summed E-state index contributed by atoms with van der Waals surface area (Å²) in [6.07, 6.45) is 1.57. The number of rotatable bonds is 3. The largest absolute Gasteiger partial charge is 0.355 e. The van der Waals surface area contributed by atoms with Gasteiger partial charge in [0.15, 0.2) is 5.78 Å². The zero-order valence-electron chi connectivity index (χ0n) is 11.7. The molecular weight excluding hydrogens is 248 g/mol. The average molecular weight is 266 g/mol. The van der Waals surface area contributed by atoms with Gasteiger partial charge >= 0.3 is 0 Å². The van der Waals surface area contributed by atoms with Crippen LogP contribution in [0.3, 0.4) is 0 Å². The number of hydrogen-bond acceptors (Lipinski definition) is 3. The summed E-state index contributed by atoms with van der Waals surface area (Å²) in [7, 11) is 0. The molecular formula is C17H18N2O. The molecule has 0 radical (unpaired) electrons. The number of aromatic nitrogens is 1. The molecule has 1 aliphatic heterocycles. The maximum absolute atomic E-state index is 11.9. The van der Waals surface area contributed by atoms with E-state index in [2.05, 4.69) is 34.1 Å². The molecule has 0 bridgehead atoms. The fraction of sp³-hybridized carbons (Fsp3) is 0.294. The Hall–Kier alpha value is -2.16. The Kier molecular flexibility index (Phi) is 3.50. The number of nitrogens with zero attached hydrogens (tertiary/aromatic N) is 2. The van der Waals surface area contributed by atoms with Gasteiger partial charge in [-0.05, 0) is 31.0 Å². The quantitative estimate of drug-likeness (QED) is 0.856. The van der Waals surface area contributed by atoms with E-state index in [1.807, 2.05) is 25.1 Å². The van der Waals surface area contributed by atoms with Crippen molar-refractivity contribution in [2.75, 3.05) is 18.0 Å². The second-order valence-electron chi connectivity index (χ2n) is 5.22. The first-order chi connectivity index (χ1) is 9.74. The molecule has 1 aromatic carbocycles.